The molecule has 19 heavy (non-hydrogen) atoms. The fourth-order valence-corrected chi connectivity index (χ4v) is 3.70. The average molecular weight is 369 g/mol. The number of amides is 2. The number of imide groups is 1. The Balaban J connectivity index is 2.03. The Kier molecular flexibility index (Phi) is 3.37. The quantitative estimate of drug-likeness (QED) is 0.563. The van der Waals surface area contributed by atoms with Crippen LogP contribution in [0.25, 0.3) is 0 Å². The van der Waals surface area contributed by atoms with E-state index in [1.54, 1.807) is 0 Å². The van der Waals surface area contributed by atoms with Crippen LogP contribution >= 0.6 is 22.6 Å². The molecular formula is C15H16INO2. The maximum Gasteiger partial charge on any atom is 0.237 e. The molecular weight excluding hydrogens is 353 g/mol. The second-order valence-electron chi connectivity index (χ2n) is 5.44. The third kappa shape index (κ3) is 2.10. The molecule has 1 aliphatic heterocycles. The van der Waals surface area contributed by atoms with Gasteiger partial charge in [0.1, 0.15) is 0 Å². The molecule has 3 nitrogen and oxygen atoms in total. The topological polar surface area (TPSA) is 37.4 Å². The summed E-state index contributed by atoms with van der Waals surface area (Å²) in [4.78, 5) is 26.5. The van der Waals surface area contributed by atoms with Crippen LogP contribution < -0.4 is 4.90 Å². The van der Waals surface area contributed by atoms with Crippen molar-refractivity contribution in [3.63, 3.8) is 0 Å². The zero-order valence-corrected chi connectivity index (χ0v) is 13.0. The molecule has 1 aromatic carbocycles. The molecule has 0 bridgehead atoms. The number of hydrogen-bond donors (Lipinski definition) is 0. The number of hydrogen-bond acceptors (Lipinski definition) is 2. The van der Waals surface area contributed by atoms with Gasteiger partial charge in [-0.2, -0.15) is 0 Å². The summed E-state index contributed by atoms with van der Waals surface area (Å²) in [6, 6.07) is 5.90. The molecule has 1 saturated carbocycles. The second kappa shape index (κ2) is 4.89. The number of carbonyl (C=O) groups excluding carboxylic acids is 2. The number of halogens is 1. The van der Waals surface area contributed by atoms with Gasteiger partial charge in [0.15, 0.2) is 0 Å². The van der Waals surface area contributed by atoms with E-state index in [1.807, 2.05) is 25.1 Å². The Morgan fingerprint density at radius 2 is 1.68 bits per heavy atom. The summed E-state index contributed by atoms with van der Waals surface area (Å²) in [7, 11) is 0. The minimum atomic E-state index is -0.0708. The largest absolute Gasteiger partial charge is 0.274 e. The molecule has 2 amide bonds. The number of nitrogens with zero attached hydrogens (tertiary/aromatic N) is 1. The normalized spacial score (nSPS) is 26.7. The van der Waals surface area contributed by atoms with E-state index in [0.717, 1.165) is 40.5 Å². The molecule has 2 unspecified atom stereocenters. The summed E-state index contributed by atoms with van der Waals surface area (Å²) in [5.41, 5.74) is 1.76. The SMILES string of the molecule is Cc1ccc(I)cc1N1C(=O)C2CCCCC2C1=O. The Bertz CT molecular complexity index is 531. The average Bonchev–Trinajstić information content (AvgIpc) is 2.66. The van der Waals surface area contributed by atoms with Crippen LogP contribution in [0.1, 0.15) is 31.2 Å². The highest BCUT2D eigenvalue weighted by molar-refractivity contribution is 14.1. The molecule has 1 heterocycles. The monoisotopic (exact) mass is 369 g/mol. The summed E-state index contributed by atoms with van der Waals surface area (Å²) in [5, 5.41) is 0. The van der Waals surface area contributed by atoms with Crippen LogP contribution in [0.2, 0.25) is 0 Å². The van der Waals surface area contributed by atoms with E-state index < -0.39 is 0 Å². The van der Waals surface area contributed by atoms with Crippen LogP contribution in [0.4, 0.5) is 5.69 Å². The highest BCUT2D eigenvalue weighted by Gasteiger charge is 2.48. The highest BCUT2D eigenvalue weighted by Crippen LogP contribution is 2.41. The summed E-state index contributed by atoms with van der Waals surface area (Å²) >= 11 is 2.21. The van der Waals surface area contributed by atoms with Crippen molar-refractivity contribution >= 4 is 40.1 Å². The molecule has 100 valence electrons. The third-order valence-electron chi connectivity index (χ3n) is 4.25. The molecule has 1 aliphatic carbocycles. The molecule has 2 fully saturated rings. The lowest BCUT2D eigenvalue weighted by atomic mass is 9.81. The van der Waals surface area contributed by atoms with Crippen molar-refractivity contribution in [2.24, 2.45) is 11.8 Å². The molecule has 1 saturated heterocycles. The number of aryl methyl sites for hydroxylation is 1. The summed E-state index contributed by atoms with van der Waals surface area (Å²) in [6.45, 7) is 1.95. The van der Waals surface area contributed by atoms with Gasteiger partial charge in [0.05, 0.1) is 17.5 Å². The van der Waals surface area contributed by atoms with Gasteiger partial charge < -0.3 is 0 Å². The van der Waals surface area contributed by atoms with E-state index in [2.05, 4.69) is 22.6 Å². The van der Waals surface area contributed by atoms with Crippen LogP contribution in [-0.4, -0.2) is 11.8 Å². The zero-order valence-electron chi connectivity index (χ0n) is 10.9. The van der Waals surface area contributed by atoms with Gasteiger partial charge in [-0.15, -0.1) is 0 Å². The minimum Gasteiger partial charge on any atom is -0.274 e. The summed E-state index contributed by atoms with van der Waals surface area (Å²) in [6.07, 6.45) is 3.88. The van der Waals surface area contributed by atoms with Gasteiger partial charge in [0.2, 0.25) is 11.8 Å². The molecule has 2 aliphatic rings. The van der Waals surface area contributed by atoms with Crippen LogP contribution in [0, 0.1) is 22.3 Å². The first-order valence-electron chi connectivity index (χ1n) is 6.73. The van der Waals surface area contributed by atoms with Crippen molar-refractivity contribution < 1.29 is 9.59 Å². The minimum absolute atomic E-state index is 0.0137. The standard InChI is InChI=1S/C15H16INO2/c1-9-6-7-10(16)8-13(9)17-14(18)11-4-2-3-5-12(11)15(17)19/h6-8,11-12H,2-5H2,1H3. The van der Waals surface area contributed by atoms with E-state index in [4.69, 9.17) is 0 Å². The lowest BCUT2D eigenvalue weighted by molar-refractivity contribution is -0.122. The maximum atomic E-state index is 12.5. The van der Waals surface area contributed by atoms with Gasteiger partial charge in [-0.25, -0.2) is 4.90 Å². The Morgan fingerprint density at radius 3 is 2.26 bits per heavy atom. The predicted octanol–water partition coefficient (Wildman–Crippen LogP) is 3.28. The first kappa shape index (κ1) is 13.1. The van der Waals surface area contributed by atoms with Crippen LogP contribution in [0.3, 0.4) is 0 Å². The number of carbonyl (C=O) groups is 2. The van der Waals surface area contributed by atoms with Crippen molar-refractivity contribution in [2.75, 3.05) is 4.90 Å². The number of benzene rings is 1. The van der Waals surface area contributed by atoms with Gasteiger partial charge in [0, 0.05) is 3.57 Å². The summed E-state index contributed by atoms with van der Waals surface area (Å²) < 4.78 is 1.05. The van der Waals surface area contributed by atoms with E-state index in [1.165, 1.54) is 4.90 Å². The number of fused-ring (bicyclic) bond motifs is 1. The first-order valence-corrected chi connectivity index (χ1v) is 7.81. The van der Waals surface area contributed by atoms with Crippen molar-refractivity contribution in [3.8, 4) is 0 Å². The molecule has 3 rings (SSSR count). The van der Waals surface area contributed by atoms with E-state index in [0.29, 0.717) is 0 Å². The van der Waals surface area contributed by atoms with Crippen LogP contribution in [0.15, 0.2) is 18.2 Å². The van der Waals surface area contributed by atoms with Crippen LogP contribution in [-0.2, 0) is 9.59 Å². The Labute approximate surface area is 126 Å². The third-order valence-corrected chi connectivity index (χ3v) is 4.92. The second-order valence-corrected chi connectivity index (χ2v) is 6.69. The van der Waals surface area contributed by atoms with Gasteiger partial charge in [-0.3, -0.25) is 9.59 Å². The predicted molar refractivity (Wildman–Crippen MR) is 81.8 cm³/mol. The van der Waals surface area contributed by atoms with Crippen molar-refractivity contribution in [3.05, 3.63) is 27.3 Å². The van der Waals surface area contributed by atoms with E-state index >= 15 is 0 Å². The fourth-order valence-electron chi connectivity index (χ4n) is 3.22. The van der Waals surface area contributed by atoms with Gasteiger partial charge in [-0.1, -0.05) is 18.9 Å². The van der Waals surface area contributed by atoms with Crippen molar-refractivity contribution in [2.45, 2.75) is 32.6 Å². The molecule has 4 heteroatoms. The molecule has 0 N–H and O–H groups in total. The van der Waals surface area contributed by atoms with E-state index in [9.17, 15) is 9.59 Å². The molecule has 1 aromatic rings. The smallest absolute Gasteiger partial charge is 0.237 e. The van der Waals surface area contributed by atoms with E-state index in [-0.39, 0.29) is 23.7 Å². The van der Waals surface area contributed by atoms with Crippen molar-refractivity contribution in [1.82, 2.24) is 0 Å². The molecule has 0 radical (unpaired) electrons. The Hall–Kier alpha value is -0.910. The first-order chi connectivity index (χ1) is 9.09. The fraction of sp³-hybridized carbons (Fsp3) is 0.467. The molecule has 0 aromatic heterocycles. The van der Waals surface area contributed by atoms with Crippen molar-refractivity contribution in [1.29, 1.82) is 0 Å². The lowest BCUT2D eigenvalue weighted by Gasteiger charge is -2.19. The van der Waals surface area contributed by atoms with Gasteiger partial charge >= 0.3 is 0 Å². The molecule has 2 atom stereocenters. The summed E-state index contributed by atoms with van der Waals surface area (Å²) in [5.74, 6) is -0.114. The van der Waals surface area contributed by atoms with Gasteiger partial charge in [-0.05, 0) is 60.1 Å². The van der Waals surface area contributed by atoms with Gasteiger partial charge in [0.25, 0.3) is 0 Å². The maximum absolute atomic E-state index is 12.5. The number of anilines is 1. The highest BCUT2D eigenvalue weighted by atomic mass is 127. The lowest BCUT2D eigenvalue weighted by Crippen LogP contribution is -2.31. The Morgan fingerprint density at radius 1 is 1.11 bits per heavy atom. The zero-order chi connectivity index (χ0) is 13.6. The number of rotatable bonds is 1. The molecule has 0 spiro atoms. The van der Waals surface area contributed by atoms with Crippen LogP contribution in [0.5, 0.6) is 0 Å².